The molecule has 0 bridgehead atoms. The smallest absolute Gasteiger partial charge is 0.340 e. The minimum Gasteiger partial charge on any atom is -0.465 e. The van der Waals surface area contributed by atoms with E-state index in [9.17, 15) is 9.18 Å². The fourth-order valence-corrected chi connectivity index (χ4v) is 1.85. The molecule has 0 saturated carbocycles. The number of esters is 1. The van der Waals surface area contributed by atoms with Crippen LogP contribution in [-0.2, 0) is 4.74 Å². The van der Waals surface area contributed by atoms with Crippen LogP contribution in [0.5, 0.6) is 0 Å². The number of nitrogens with one attached hydrogen (secondary N) is 1. The highest BCUT2D eigenvalue weighted by molar-refractivity contribution is 5.98. The second-order valence-corrected chi connectivity index (χ2v) is 4.16. The second-order valence-electron chi connectivity index (χ2n) is 4.16. The first-order valence-corrected chi connectivity index (χ1v) is 6.01. The van der Waals surface area contributed by atoms with Gasteiger partial charge in [0.05, 0.1) is 29.7 Å². The van der Waals surface area contributed by atoms with E-state index in [2.05, 4.69) is 10.1 Å². The summed E-state index contributed by atoms with van der Waals surface area (Å²) in [6.07, 6.45) is 0. The number of benzene rings is 2. The molecule has 0 spiro atoms. The first-order valence-electron chi connectivity index (χ1n) is 6.01. The zero-order valence-electron chi connectivity index (χ0n) is 11.2. The summed E-state index contributed by atoms with van der Waals surface area (Å²) in [7, 11) is 1.25. The molecule has 6 heteroatoms. The largest absolute Gasteiger partial charge is 0.465 e. The number of halogens is 1. The number of hydrogen-bond donors (Lipinski definition) is 2. The highest BCUT2D eigenvalue weighted by Crippen LogP contribution is 2.29. The molecule has 2 aromatic carbocycles. The molecule has 2 aromatic rings. The van der Waals surface area contributed by atoms with Crippen LogP contribution in [-0.4, -0.2) is 13.1 Å². The van der Waals surface area contributed by atoms with Crippen LogP contribution in [0, 0.1) is 17.1 Å². The molecule has 106 valence electrons. The third-order valence-electron chi connectivity index (χ3n) is 2.91. The third kappa shape index (κ3) is 2.77. The summed E-state index contributed by atoms with van der Waals surface area (Å²) in [5, 5.41) is 11.8. The van der Waals surface area contributed by atoms with Gasteiger partial charge in [0, 0.05) is 0 Å². The predicted octanol–water partition coefficient (Wildman–Crippen LogP) is 2.81. The zero-order valence-corrected chi connectivity index (χ0v) is 11.2. The number of anilines is 3. The Kier molecular flexibility index (Phi) is 4.05. The second kappa shape index (κ2) is 5.92. The molecule has 0 heterocycles. The van der Waals surface area contributed by atoms with Crippen molar-refractivity contribution in [1.82, 2.24) is 0 Å². The van der Waals surface area contributed by atoms with Crippen LogP contribution in [0.15, 0.2) is 36.4 Å². The summed E-state index contributed by atoms with van der Waals surface area (Å²) in [5.74, 6) is -1.21. The van der Waals surface area contributed by atoms with Crippen molar-refractivity contribution in [2.45, 2.75) is 0 Å². The van der Waals surface area contributed by atoms with Crippen molar-refractivity contribution >= 4 is 23.0 Å². The third-order valence-corrected chi connectivity index (χ3v) is 2.91. The van der Waals surface area contributed by atoms with Crippen molar-refractivity contribution in [3.8, 4) is 6.07 Å². The standard InChI is InChI=1S/C15H12FN3O2/c1-21-15(20)9-4-2-7-13(14(9)18)19-12-6-3-5-11(16)10(12)8-17/h2-7,19H,18H2,1H3. The van der Waals surface area contributed by atoms with E-state index < -0.39 is 11.8 Å². The lowest BCUT2D eigenvalue weighted by Gasteiger charge is -2.13. The Morgan fingerprint density at radius 2 is 1.95 bits per heavy atom. The van der Waals surface area contributed by atoms with E-state index in [1.807, 2.05) is 0 Å². The first kappa shape index (κ1) is 14.3. The number of para-hydroxylation sites is 1. The van der Waals surface area contributed by atoms with Gasteiger partial charge in [-0.2, -0.15) is 5.26 Å². The monoisotopic (exact) mass is 285 g/mol. The van der Waals surface area contributed by atoms with Gasteiger partial charge >= 0.3 is 5.97 Å². The molecule has 0 fully saturated rings. The molecule has 3 N–H and O–H groups in total. The number of carbonyl (C=O) groups is 1. The molecular formula is C15H12FN3O2. The normalized spacial score (nSPS) is 9.76. The van der Waals surface area contributed by atoms with Crippen molar-refractivity contribution in [3.05, 3.63) is 53.3 Å². The van der Waals surface area contributed by atoms with E-state index in [-0.39, 0.29) is 22.5 Å². The van der Waals surface area contributed by atoms with E-state index in [0.29, 0.717) is 5.69 Å². The van der Waals surface area contributed by atoms with E-state index in [4.69, 9.17) is 11.0 Å². The van der Waals surface area contributed by atoms with Gasteiger partial charge in [0.1, 0.15) is 17.4 Å². The number of nitrogen functional groups attached to an aromatic ring is 1. The number of methoxy groups -OCH3 is 1. The lowest BCUT2D eigenvalue weighted by atomic mass is 10.1. The lowest BCUT2D eigenvalue weighted by molar-refractivity contribution is 0.0602. The quantitative estimate of drug-likeness (QED) is 0.668. The maximum Gasteiger partial charge on any atom is 0.340 e. The van der Waals surface area contributed by atoms with Gasteiger partial charge in [0.25, 0.3) is 0 Å². The summed E-state index contributed by atoms with van der Waals surface area (Å²) in [6, 6.07) is 10.7. The minimum absolute atomic E-state index is 0.125. The van der Waals surface area contributed by atoms with Crippen LogP contribution < -0.4 is 11.1 Å². The SMILES string of the molecule is COC(=O)c1cccc(Nc2cccc(F)c2C#N)c1N. The van der Waals surface area contributed by atoms with Gasteiger partial charge in [-0.1, -0.05) is 12.1 Å². The van der Waals surface area contributed by atoms with Gasteiger partial charge in [-0.05, 0) is 24.3 Å². The molecule has 0 aromatic heterocycles. The summed E-state index contributed by atoms with van der Waals surface area (Å²) < 4.78 is 18.2. The highest BCUT2D eigenvalue weighted by Gasteiger charge is 2.14. The van der Waals surface area contributed by atoms with Gasteiger partial charge in [-0.25, -0.2) is 9.18 Å². The molecule has 21 heavy (non-hydrogen) atoms. The van der Waals surface area contributed by atoms with E-state index in [1.165, 1.54) is 25.3 Å². The van der Waals surface area contributed by atoms with Crippen molar-refractivity contribution in [2.75, 3.05) is 18.2 Å². The maximum absolute atomic E-state index is 13.5. The number of hydrogen-bond acceptors (Lipinski definition) is 5. The molecule has 2 rings (SSSR count). The number of rotatable bonds is 3. The van der Waals surface area contributed by atoms with Gasteiger partial charge in [0.2, 0.25) is 0 Å². The molecule has 0 aliphatic rings. The summed E-state index contributed by atoms with van der Waals surface area (Å²) in [4.78, 5) is 11.6. The van der Waals surface area contributed by atoms with Crippen LogP contribution in [0.3, 0.4) is 0 Å². The van der Waals surface area contributed by atoms with Crippen LogP contribution in [0.2, 0.25) is 0 Å². The number of carbonyl (C=O) groups excluding carboxylic acids is 1. The lowest BCUT2D eigenvalue weighted by Crippen LogP contribution is -2.08. The summed E-state index contributed by atoms with van der Waals surface area (Å²) in [5.41, 5.74) is 6.79. The maximum atomic E-state index is 13.5. The van der Waals surface area contributed by atoms with Crippen molar-refractivity contribution < 1.29 is 13.9 Å². The molecule has 0 aliphatic heterocycles. The Balaban J connectivity index is 2.44. The molecule has 0 aliphatic carbocycles. The Morgan fingerprint density at radius 1 is 1.29 bits per heavy atom. The molecule has 0 atom stereocenters. The van der Waals surface area contributed by atoms with Crippen LogP contribution in [0.25, 0.3) is 0 Å². The van der Waals surface area contributed by atoms with Crippen LogP contribution in [0.1, 0.15) is 15.9 Å². The Morgan fingerprint density at radius 3 is 2.62 bits per heavy atom. The topological polar surface area (TPSA) is 88.1 Å². The highest BCUT2D eigenvalue weighted by atomic mass is 19.1. The van der Waals surface area contributed by atoms with Gasteiger partial charge in [-0.15, -0.1) is 0 Å². The van der Waals surface area contributed by atoms with E-state index in [1.54, 1.807) is 24.3 Å². The first-order chi connectivity index (χ1) is 10.1. The van der Waals surface area contributed by atoms with Crippen molar-refractivity contribution in [2.24, 2.45) is 0 Å². The molecule has 0 unspecified atom stereocenters. The van der Waals surface area contributed by atoms with E-state index >= 15 is 0 Å². The zero-order chi connectivity index (χ0) is 15.4. The van der Waals surface area contributed by atoms with Gasteiger partial charge < -0.3 is 15.8 Å². The number of nitrogens with two attached hydrogens (primary N) is 1. The summed E-state index contributed by atoms with van der Waals surface area (Å²) >= 11 is 0. The average Bonchev–Trinajstić information content (AvgIpc) is 2.49. The fourth-order valence-electron chi connectivity index (χ4n) is 1.85. The van der Waals surface area contributed by atoms with Crippen molar-refractivity contribution in [1.29, 1.82) is 5.26 Å². The molecular weight excluding hydrogens is 273 g/mol. The van der Waals surface area contributed by atoms with Crippen molar-refractivity contribution in [3.63, 3.8) is 0 Å². The Labute approximate surface area is 120 Å². The number of ether oxygens (including phenoxy) is 1. The fraction of sp³-hybridized carbons (Fsp3) is 0.0667. The van der Waals surface area contributed by atoms with Gasteiger partial charge in [-0.3, -0.25) is 0 Å². The van der Waals surface area contributed by atoms with Crippen LogP contribution >= 0.6 is 0 Å². The molecule has 0 amide bonds. The predicted molar refractivity (Wildman–Crippen MR) is 76.6 cm³/mol. The summed E-state index contributed by atoms with van der Waals surface area (Å²) in [6.45, 7) is 0. The Bertz CT molecular complexity index is 738. The average molecular weight is 285 g/mol. The minimum atomic E-state index is -0.634. The molecule has 0 saturated heterocycles. The number of nitriles is 1. The van der Waals surface area contributed by atoms with E-state index in [0.717, 1.165) is 0 Å². The number of nitrogens with zero attached hydrogens (tertiary/aromatic N) is 1. The van der Waals surface area contributed by atoms with Crippen LogP contribution in [0.4, 0.5) is 21.5 Å². The molecule has 5 nitrogen and oxygen atoms in total. The Hall–Kier alpha value is -3.07. The van der Waals surface area contributed by atoms with Gasteiger partial charge in [0.15, 0.2) is 0 Å². The molecule has 0 radical (unpaired) electrons.